The maximum absolute atomic E-state index is 11.9. The number of nitrogens with zero attached hydrogens (tertiary/aromatic N) is 4. The van der Waals surface area contributed by atoms with E-state index in [0.717, 1.165) is 58.3 Å². The zero-order valence-electron chi connectivity index (χ0n) is 18.2. The predicted octanol–water partition coefficient (Wildman–Crippen LogP) is 0.682. The van der Waals surface area contributed by atoms with Gasteiger partial charge < -0.3 is 25.2 Å². The lowest BCUT2D eigenvalue weighted by atomic mass is 10.3. The van der Waals surface area contributed by atoms with Crippen LogP contribution in [0.1, 0.15) is 26.7 Å². The summed E-state index contributed by atoms with van der Waals surface area (Å²) in [5, 5.41) is 6.28. The molecule has 2 N–H and O–H groups in total. The zero-order valence-corrected chi connectivity index (χ0v) is 20.5. The van der Waals surface area contributed by atoms with E-state index in [4.69, 9.17) is 9.73 Å². The third kappa shape index (κ3) is 12.0. The molecule has 0 spiro atoms. The highest BCUT2D eigenvalue weighted by molar-refractivity contribution is 14.0. The Balaban J connectivity index is 0.00000729. The minimum absolute atomic E-state index is 0. The van der Waals surface area contributed by atoms with E-state index in [1.165, 1.54) is 12.8 Å². The fraction of sp³-hybridized carbons (Fsp3) is 0.895. The van der Waals surface area contributed by atoms with Gasteiger partial charge >= 0.3 is 0 Å². The standard InChI is InChI=1S/C19H40N6O2.HI/c1-5-7-10-23(3)11-8-22-19(20-6-2)25-14-12-24(13-15-25)17-18(26)21-9-16-27-4;/h5-17H2,1-4H3,(H,20,22)(H,21,26);1H. The summed E-state index contributed by atoms with van der Waals surface area (Å²) in [6.45, 7) is 13.2. The monoisotopic (exact) mass is 512 g/mol. The van der Waals surface area contributed by atoms with Gasteiger partial charge in [0, 0.05) is 52.9 Å². The van der Waals surface area contributed by atoms with Crippen molar-refractivity contribution < 1.29 is 9.53 Å². The molecular formula is C19H41IN6O2. The van der Waals surface area contributed by atoms with E-state index in [1.807, 2.05) is 0 Å². The molecule has 0 atom stereocenters. The van der Waals surface area contributed by atoms with Crippen LogP contribution in [-0.2, 0) is 9.53 Å². The number of halogens is 1. The second-order valence-corrected chi connectivity index (χ2v) is 7.00. The van der Waals surface area contributed by atoms with Crippen molar-refractivity contribution in [3.63, 3.8) is 0 Å². The van der Waals surface area contributed by atoms with Gasteiger partial charge in [-0.3, -0.25) is 14.7 Å². The number of carbonyl (C=O) groups excluding carboxylic acids is 1. The lowest BCUT2D eigenvalue weighted by molar-refractivity contribution is -0.122. The second-order valence-electron chi connectivity index (χ2n) is 7.00. The van der Waals surface area contributed by atoms with Gasteiger partial charge in [0.05, 0.1) is 19.7 Å². The van der Waals surface area contributed by atoms with Crippen molar-refractivity contribution in [2.75, 3.05) is 86.2 Å². The van der Waals surface area contributed by atoms with Crippen molar-refractivity contribution in [3.05, 3.63) is 0 Å². The normalized spacial score (nSPS) is 15.5. The highest BCUT2D eigenvalue weighted by Crippen LogP contribution is 2.02. The average Bonchev–Trinajstić information content (AvgIpc) is 2.66. The van der Waals surface area contributed by atoms with Gasteiger partial charge in [0.1, 0.15) is 0 Å². The highest BCUT2D eigenvalue weighted by Gasteiger charge is 2.21. The zero-order chi connectivity index (χ0) is 19.9. The Morgan fingerprint density at radius 2 is 1.86 bits per heavy atom. The van der Waals surface area contributed by atoms with Gasteiger partial charge in [-0.2, -0.15) is 0 Å². The Morgan fingerprint density at radius 3 is 2.46 bits per heavy atom. The van der Waals surface area contributed by atoms with Crippen molar-refractivity contribution >= 4 is 35.8 Å². The number of hydrogen-bond donors (Lipinski definition) is 2. The van der Waals surface area contributed by atoms with Crippen LogP contribution >= 0.6 is 24.0 Å². The summed E-state index contributed by atoms with van der Waals surface area (Å²) < 4.78 is 4.95. The van der Waals surface area contributed by atoms with Crippen molar-refractivity contribution in [1.29, 1.82) is 0 Å². The number of aliphatic imine (C=N–C) groups is 1. The number of amides is 1. The Bertz CT molecular complexity index is 431. The van der Waals surface area contributed by atoms with E-state index in [2.05, 4.69) is 46.2 Å². The van der Waals surface area contributed by atoms with E-state index < -0.39 is 0 Å². The number of nitrogens with one attached hydrogen (secondary N) is 2. The smallest absolute Gasteiger partial charge is 0.234 e. The molecule has 1 heterocycles. The lowest BCUT2D eigenvalue weighted by Crippen LogP contribution is -2.54. The first-order chi connectivity index (χ1) is 13.1. The first kappa shape index (κ1) is 27.4. The quantitative estimate of drug-likeness (QED) is 0.174. The molecule has 0 unspecified atom stereocenters. The number of unbranched alkanes of at least 4 members (excludes halogenated alkanes) is 1. The molecule has 166 valence electrons. The molecule has 0 aromatic rings. The number of piperazine rings is 1. The van der Waals surface area contributed by atoms with Gasteiger partial charge in [-0.05, 0) is 26.9 Å². The number of methoxy groups -OCH3 is 1. The molecule has 1 amide bonds. The van der Waals surface area contributed by atoms with Gasteiger partial charge in [-0.15, -0.1) is 24.0 Å². The summed E-state index contributed by atoms with van der Waals surface area (Å²) in [4.78, 5) is 23.6. The molecule has 1 rings (SSSR count). The molecule has 9 heteroatoms. The van der Waals surface area contributed by atoms with E-state index >= 15 is 0 Å². The van der Waals surface area contributed by atoms with Crippen LogP contribution in [-0.4, -0.2) is 113 Å². The molecule has 1 aliphatic rings. The minimum atomic E-state index is 0. The van der Waals surface area contributed by atoms with Crippen LogP contribution in [0, 0.1) is 0 Å². The highest BCUT2D eigenvalue weighted by atomic mass is 127. The summed E-state index contributed by atoms with van der Waals surface area (Å²) in [5.41, 5.74) is 0. The molecular weight excluding hydrogens is 471 g/mol. The van der Waals surface area contributed by atoms with E-state index in [1.54, 1.807) is 7.11 Å². The number of likely N-dealkylation sites (N-methyl/N-ethyl adjacent to an activating group) is 1. The fourth-order valence-corrected chi connectivity index (χ4v) is 2.96. The van der Waals surface area contributed by atoms with Crippen molar-refractivity contribution in [1.82, 2.24) is 25.3 Å². The Labute approximate surface area is 188 Å². The van der Waals surface area contributed by atoms with Crippen LogP contribution in [0.4, 0.5) is 0 Å². The Morgan fingerprint density at radius 1 is 1.14 bits per heavy atom. The molecule has 1 aliphatic heterocycles. The number of guanidine groups is 1. The van der Waals surface area contributed by atoms with Gasteiger partial charge in [0.25, 0.3) is 0 Å². The maximum Gasteiger partial charge on any atom is 0.234 e. The molecule has 0 aromatic heterocycles. The van der Waals surface area contributed by atoms with Crippen LogP contribution in [0.3, 0.4) is 0 Å². The number of ether oxygens (including phenoxy) is 1. The minimum Gasteiger partial charge on any atom is -0.383 e. The van der Waals surface area contributed by atoms with Crippen LogP contribution in [0.15, 0.2) is 4.99 Å². The van der Waals surface area contributed by atoms with Gasteiger partial charge in [-0.1, -0.05) is 13.3 Å². The van der Waals surface area contributed by atoms with Crippen LogP contribution in [0.5, 0.6) is 0 Å². The summed E-state index contributed by atoms with van der Waals surface area (Å²) >= 11 is 0. The fourth-order valence-electron chi connectivity index (χ4n) is 2.96. The van der Waals surface area contributed by atoms with Crippen LogP contribution < -0.4 is 10.6 Å². The van der Waals surface area contributed by atoms with Gasteiger partial charge in [0.15, 0.2) is 5.96 Å². The first-order valence-corrected chi connectivity index (χ1v) is 10.3. The number of hydrogen-bond acceptors (Lipinski definition) is 5. The van der Waals surface area contributed by atoms with Crippen LogP contribution in [0.2, 0.25) is 0 Å². The maximum atomic E-state index is 11.9. The van der Waals surface area contributed by atoms with E-state index in [-0.39, 0.29) is 29.9 Å². The largest absolute Gasteiger partial charge is 0.383 e. The Kier molecular flexibility index (Phi) is 16.8. The topological polar surface area (TPSA) is 72.4 Å². The van der Waals surface area contributed by atoms with Gasteiger partial charge in [-0.25, -0.2) is 0 Å². The molecule has 1 saturated heterocycles. The number of rotatable bonds is 12. The predicted molar refractivity (Wildman–Crippen MR) is 127 cm³/mol. The van der Waals surface area contributed by atoms with Crippen molar-refractivity contribution in [3.8, 4) is 0 Å². The molecule has 0 saturated carbocycles. The number of carbonyl (C=O) groups is 1. The summed E-state index contributed by atoms with van der Waals surface area (Å²) in [7, 11) is 3.80. The first-order valence-electron chi connectivity index (χ1n) is 10.3. The molecule has 0 aromatic carbocycles. The summed E-state index contributed by atoms with van der Waals surface area (Å²) in [6.07, 6.45) is 2.46. The lowest BCUT2D eigenvalue weighted by Gasteiger charge is -2.36. The Hall–Kier alpha value is -0.650. The average molecular weight is 512 g/mol. The SMILES string of the molecule is CCCCN(C)CCN=C(NCC)N1CCN(CC(=O)NCCOC)CC1.I. The third-order valence-corrected chi connectivity index (χ3v) is 4.64. The third-order valence-electron chi connectivity index (χ3n) is 4.64. The summed E-state index contributed by atoms with van der Waals surface area (Å²) in [5.74, 6) is 1.06. The molecule has 0 aliphatic carbocycles. The molecule has 0 radical (unpaired) electrons. The summed E-state index contributed by atoms with van der Waals surface area (Å²) in [6, 6.07) is 0. The van der Waals surface area contributed by atoms with E-state index in [0.29, 0.717) is 19.7 Å². The second kappa shape index (κ2) is 17.2. The van der Waals surface area contributed by atoms with Crippen molar-refractivity contribution in [2.45, 2.75) is 26.7 Å². The molecule has 28 heavy (non-hydrogen) atoms. The van der Waals surface area contributed by atoms with Crippen LogP contribution in [0.25, 0.3) is 0 Å². The van der Waals surface area contributed by atoms with E-state index in [9.17, 15) is 4.79 Å². The van der Waals surface area contributed by atoms with Crippen molar-refractivity contribution in [2.24, 2.45) is 4.99 Å². The molecule has 1 fully saturated rings. The molecule has 0 bridgehead atoms. The molecule has 8 nitrogen and oxygen atoms in total. The van der Waals surface area contributed by atoms with Gasteiger partial charge in [0.2, 0.25) is 5.91 Å².